The van der Waals surface area contributed by atoms with Crippen molar-refractivity contribution in [3.63, 3.8) is 0 Å². The second-order valence-electron chi connectivity index (χ2n) is 5.69. The van der Waals surface area contributed by atoms with E-state index in [0.29, 0.717) is 11.4 Å². The summed E-state index contributed by atoms with van der Waals surface area (Å²) < 4.78 is 25.8. The summed E-state index contributed by atoms with van der Waals surface area (Å²) in [5.74, 6) is -1.74. The molecule has 0 saturated heterocycles. The molecule has 0 aliphatic carbocycles. The molecule has 0 aliphatic heterocycles. The predicted octanol–water partition coefficient (Wildman–Crippen LogP) is 2.31. The monoisotopic (exact) mass is 294 g/mol. The quantitative estimate of drug-likeness (QED) is 0.912. The smallest absolute Gasteiger partial charge is 0.291 e. The van der Waals surface area contributed by atoms with E-state index < -0.39 is 17.5 Å². The van der Waals surface area contributed by atoms with Crippen molar-refractivity contribution < 1.29 is 13.6 Å². The van der Waals surface area contributed by atoms with Gasteiger partial charge in [-0.2, -0.15) is 0 Å². The molecule has 0 atom stereocenters. The minimum absolute atomic E-state index is 0.0162. The van der Waals surface area contributed by atoms with Gasteiger partial charge in [-0.25, -0.2) is 13.8 Å². The van der Waals surface area contributed by atoms with Gasteiger partial charge in [-0.05, 0) is 17.7 Å². The Morgan fingerprint density at radius 3 is 2.57 bits per heavy atom. The molecule has 0 spiro atoms. The SMILES string of the molecule is CC(C)(C)c1nc(C(=O)NCc2ccc(F)c(F)c2)n[nH]1. The van der Waals surface area contributed by atoms with Crippen LogP contribution in [0.2, 0.25) is 0 Å². The van der Waals surface area contributed by atoms with Crippen LogP contribution in [-0.2, 0) is 12.0 Å². The maximum atomic E-state index is 13.0. The van der Waals surface area contributed by atoms with E-state index in [2.05, 4.69) is 20.5 Å². The summed E-state index contributed by atoms with van der Waals surface area (Å²) in [4.78, 5) is 16.0. The molecule has 2 N–H and O–H groups in total. The minimum Gasteiger partial charge on any atom is -0.345 e. The summed E-state index contributed by atoms with van der Waals surface area (Å²) in [5, 5.41) is 9.11. The molecule has 0 bridgehead atoms. The van der Waals surface area contributed by atoms with E-state index in [4.69, 9.17) is 0 Å². The number of halogens is 2. The predicted molar refractivity (Wildman–Crippen MR) is 72.6 cm³/mol. The third-order valence-electron chi connectivity index (χ3n) is 2.84. The van der Waals surface area contributed by atoms with E-state index in [-0.39, 0.29) is 17.8 Å². The normalized spacial score (nSPS) is 11.5. The van der Waals surface area contributed by atoms with Gasteiger partial charge in [-0.1, -0.05) is 26.8 Å². The van der Waals surface area contributed by atoms with Gasteiger partial charge in [0.05, 0.1) is 0 Å². The zero-order valence-electron chi connectivity index (χ0n) is 12.0. The topological polar surface area (TPSA) is 70.7 Å². The van der Waals surface area contributed by atoms with Crippen molar-refractivity contribution in [2.24, 2.45) is 0 Å². The van der Waals surface area contributed by atoms with Crippen LogP contribution in [0, 0.1) is 11.6 Å². The number of carbonyl (C=O) groups is 1. The standard InChI is InChI=1S/C14H16F2N4O/c1-14(2,3)13-18-11(19-20-13)12(21)17-7-8-4-5-9(15)10(16)6-8/h4-6H,7H2,1-3H3,(H,17,21)(H,18,19,20). The fourth-order valence-corrected chi connectivity index (χ4v) is 1.61. The molecular formula is C14H16F2N4O. The second kappa shape index (κ2) is 5.59. The van der Waals surface area contributed by atoms with Crippen molar-refractivity contribution >= 4 is 5.91 Å². The van der Waals surface area contributed by atoms with E-state index >= 15 is 0 Å². The summed E-state index contributed by atoms with van der Waals surface area (Å²) in [6, 6.07) is 3.45. The first-order valence-corrected chi connectivity index (χ1v) is 6.42. The van der Waals surface area contributed by atoms with E-state index in [1.165, 1.54) is 6.07 Å². The largest absolute Gasteiger partial charge is 0.345 e. The Labute approximate surface area is 120 Å². The molecule has 0 aliphatic rings. The number of hydrogen-bond donors (Lipinski definition) is 2. The first kappa shape index (κ1) is 15.1. The second-order valence-corrected chi connectivity index (χ2v) is 5.69. The molecule has 21 heavy (non-hydrogen) atoms. The molecule has 0 radical (unpaired) electrons. The summed E-state index contributed by atoms with van der Waals surface area (Å²) in [6.07, 6.45) is 0. The Morgan fingerprint density at radius 2 is 2.00 bits per heavy atom. The number of benzene rings is 1. The number of aromatic amines is 1. The molecular weight excluding hydrogens is 278 g/mol. The summed E-state index contributed by atoms with van der Waals surface area (Å²) in [6.45, 7) is 5.89. The van der Waals surface area contributed by atoms with Gasteiger partial charge < -0.3 is 5.32 Å². The number of carbonyl (C=O) groups excluding carboxylic acids is 1. The highest BCUT2D eigenvalue weighted by atomic mass is 19.2. The van der Waals surface area contributed by atoms with Gasteiger partial charge in [0.15, 0.2) is 11.6 Å². The fraction of sp³-hybridized carbons (Fsp3) is 0.357. The highest BCUT2D eigenvalue weighted by molar-refractivity contribution is 5.90. The molecule has 2 rings (SSSR count). The van der Waals surface area contributed by atoms with Crippen LogP contribution in [0.25, 0.3) is 0 Å². The number of aromatic nitrogens is 3. The number of H-pyrrole nitrogens is 1. The molecule has 2 aromatic rings. The lowest BCUT2D eigenvalue weighted by molar-refractivity contribution is 0.0940. The maximum absolute atomic E-state index is 13.0. The van der Waals surface area contributed by atoms with Crippen molar-refractivity contribution in [1.29, 1.82) is 0 Å². The third kappa shape index (κ3) is 3.62. The third-order valence-corrected chi connectivity index (χ3v) is 2.84. The Bertz CT molecular complexity index is 661. The summed E-state index contributed by atoms with van der Waals surface area (Å²) in [7, 11) is 0. The van der Waals surface area contributed by atoms with E-state index in [9.17, 15) is 13.6 Å². The Kier molecular flexibility index (Phi) is 4.02. The Balaban J connectivity index is 2.01. The Morgan fingerprint density at radius 1 is 1.29 bits per heavy atom. The van der Waals surface area contributed by atoms with Crippen molar-refractivity contribution in [3.05, 3.63) is 47.0 Å². The van der Waals surface area contributed by atoms with E-state index in [0.717, 1.165) is 12.1 Å². The van der Waals surface area contributed by atoms with Crippen molar-refractivity contribution in [2.75, 3.05) is 0 Å². The lowest BCUT2D eigenvalue weighted by Gasteiger charge is -2.12. The van der Waals surface area contributed by atoms with Gasteiger partial charge in [-0.3, -0.25) is 9.89 Å². The molecule has 1 amide bonds. The van der Waals surface area contributed by atoms with Gasteiger partial charge in [0.1, 0.15) is 5.82 Å². The van der Waals surface area contributed by atoms with Crippen LogP contribution in [0.5, 0.6) is 0 Å². The van der Waals surface area contributed by atoms with E-state index in [1.54, 1.807) is 0 Å². The highest BCUT2D eigenvalue weighted by Gasteiger charge is 2.21. The van der Waals surface area contributed by atoms with Crippen LogP contribution in [0.15, 0.2) is 18.2 Å². The van der Waals surface area contributed by atoms with Gasteiger partial charge in [-0.15, -0.1) is 5.10 Å². The van der Waals surface area contributed by atoms with Crippen LogP contribution in [-0.4, -0.2) is 21.1 Å². The summed E-state index contributed by atoms with van der Waals surface area (Å²) >= 11 is 0. The molecule has 112 valence electrons. The van der Waals surface area contributed by atoms with Crippen LogP contribution in [0.3, 0.4) is 0 Å². The molecule has 7 heteroatoms. The lowest BCUT2D eigenvalue weighted by atomic mass is 9.96. The highest BCUT2D eigenvalue weighted by Crippen LogP contribution is 2.17. The number of rotatable bonds is 3. The van der Waals surface area contributed by atoms with Gasteiger partial charge in [0.25, 0.3) is 5.91 Å². The zero-order valence-corrected chi connectivity index (χ0v) is 12.0. The van der Waals surface area contributed by atoms with Crippen LogP contribution in [0.4, 0.5) is 8.78 Å². The zero-order chi connectivity index (χ0) is 15.6. The van der Waals surface area contributed by atoms with Gasteiger partial charge >= 0.3 is 0 Å². The van der Waals surface area contributed by atoms with Crippen LogP contribution >= 0.6 is 0 Å². The maximum Gasteiger partial charge on any atom is 0.291 e. The van der Waals surface area contributed by atoms with Crippen molar-refractivity contribution in [2.45, 2.75) is 32.7 Å². The molecule has 1 heterocycles. The molecule has 0 saturated carbocycles. The summed E-state index contributed by atoms with van der Waals surface area (Å²) in [5.41, 5.74) is 0.208. The number of nitrogens with zero attached hydrogens (tertiary/aromatic N) is 2. The first-order chi connectivity index (χ1) is 9.77. The molecule has 0 unspecified atom stereocenters. The first-order valence-electron chi connectivity index (χ1n) is 6.42. The van der Waals surface area contributed by atoms with Crippen LogP contribution in [0.1, 0.15) is 42.8 Å². The average Bonchev–Trinajstić information content (AvgIpc) is 2.89. The number of nitrogens with one attached hydrogen (secondary N) is 2. The molecule has 1 aromatic carbocycles. The van der Waals surface area contributed by atoms with Crippen molar-refractivity contribution in [1.82, 2.24) is 20.5 Å². The molecule has 0 fully saturated rings. The molecule has 1 aromatic heterocycles. The number of hydrogen-bond acceptors (Lipinski definition) is 3. The van der Waals surface area contributed by atoms with E-state index in [1.807, 2.05) is 20.8 Å². The van der Waals surface area contributed by atoms with Gasteiger partial charge in [0.2, 0.25) is 5.82 Å². The Hall–Kier alpha value is -2.31. The van der Waals surface area contributed by atoms with Gasteiger partial charge in [0, 0.05) is 12.0 Å². The fourth-order valence-electron chi connectivity index (χ4n) is 1.61. The average molecular weight is 294 g/mol. The van der Waals surface area contributed by atoms with Crippen LogP contribution < -0.4 is 5.32 Å². The molecule has 5 nitrogen and oxygen atoms in total. The minimum atomic E-state index is -0.949. The number of amides is 1. The lowest BCUT2D eigenvalue weighted by Crippen LogP contribution is -2.24. The van der Waals surface area contributed by atoms with Crippen molar-refractivity contribution in [3.8, 4) is 0 Å².